The number of aryl methyl sites for hydroxylation is 2. The van der Waals surface area contributed by atoms with Gasteiger partial charge in [0.25, 0.3) is 0 Å². The van der Waals surface area contributed by atoms with E-state index in [0.29, 0.717) is 10.9 Å². The summed E-state index contributed by atoms with van der Waals surface area (Å²) in [5.41, 5.74) is 4.00. The van der Waals surface area contributed by atoms with Gasteiger partial charge in [-0.2, -0.15) is 0 Å². The summed E-state index contributed by atoms with van der Waals surface area (Å²) in [6.45, 7) is 3.96. The Morgan fingerprint density at radius 1 is 1.20 bits per heavy atom. The first-order valence-corrected chi connectivity index (χ1v) is 7.30. The Morgan fingerprint density at radius 2 is 1.90 bits per heavy atom. The van der Waals surface area contributed by atoms with Crippen molar-refractivity contribution in [2.45, 2.75) is 25.4 Å². The average Bonchev–Trinajstić information content (AvgIpc) is 2.38. The van der Waals surface area contributed by atoms with Gasteiger partial charge in [-0.15, -0.1) is 0 Å². The molecule has 0 saturated carbocycles. The van der Waals surface area contributed by atoms with Crippen molar-refractivity contribution in [1.82, 2.24) is 9.97 Å². The molecule has 20 heavy (non-hydrogen) atoms. The monoisotopic (exact) mass is 288 g/mol. The van der Waals surface area contributed by atoms with E-state index in [1.165, 1.54) is 17.3 Å². The van der Waals surface area contributed by atoms with Gasteiger partial charge in [0.15, 0.2) is 5.16 Å². The van der Waals surface area contributed by atoms with Gasteiger partial charge in [-0.1, -0.05) is 41.6 Å². The van der Waals surface area contributed by atoms with Crippen molar-refractivity contribution in [3.8, 4) is 11.3 Å². The van der Waals surface area contributed by atoms with E-state index >= 15 is 0 Å². The van der Waals surface area contributed by atoms with Crippen LogP contribution in [0.3, 0.4) is 0 Å². The Bertz CT molecular complexity index is 612. The number of carbonyl (C=O) groups is 1. The zero-order valence-corrected chi connectivity index (χ0v) is 12.3. The van der Waals surface area contributed by atoms with E-state index in [1.807, 2.05) is 44.2 Å². The number of carboxylic acid groups (broad SMARTS) is 1. The largest absolute Gasteiger partial charge is 0.481 e. The molecule has 0 unspecified atom stereocenters. The van der Waals surface area contributed by atoms with E-state index < -0.39 is 5.97 Å². The maximum atomic E-state index is 10.5. The number of aromatic nitrogens is 2. The van der Waals surface area contributed by atoms with Crippen LogP contribution >= 0.6 is 11.8 Å². The maximum Gasteiger partial charge on any atom is 0.304 e. The van der Waals surface area contributed by atoms with Gasteiger partial charge in [-0.3, -0.25) is 4.79 Å². The van der Waals surface area contributed by atoms with E-state index in [4.69, 9.17) is 5.11 Å². The van der Waals surface area contributed by atoms with E-state index in [9.17, 15) is 4.79 Å². The summed E-state index contributed by atoms with van der Waals surface area (Å²) in [6, 6.07) is 10.1. The third kappa shape index (κ3) is 4.06. The first-order chi connectivity index (χ1) is 9.54. The van der Waals surface area contributed by atoms with Gasteiger partial charge in [0, 0.05) is 17.0 Å². The molecule has 1 heterocycles. The third-order valence-electron chi connectivity index (χ3n) is 2.73. The third-order valence-corrected chi connectivity index (χ3v) is 3.58. The van der Waals surface area contributed by atoms with Crippen LogP contribution in [0.1, 0.15) is 17.7 Å². The second kappa shape index (κ2) is 6.52. The minimum absolute atomic E-state index is 0.113. The lowest BCUT2D eigenvalue weighted by atomic mass is 10.1. The van der Waals surface area contributed by atoms with Gasteiger partial charge in [0.05, 0.1) is 12.1 Å². The topological polar surface area (TPSA) is 63.1 Å². The number of nitrogens with zero attached hydrogens (tertiary/aromatic N) is 2. The lowest BCUT2D eigenvalue weighted by Crippen LogP contribution is -1.98. The highest BCUT2D eigenvalue weighted by Crippen LogP contribution is 2.22. The fraction of sp³-hybridized carbons (Fsp3) is 0.267. The van der Waals surface area contributed by atoms with Gasteiger partial charge in [-0.05, 0) is 19.9 Å². The molecule has 0 aliphatic rings. The Labute approximate surface area is 122 Å². The van der Waals surface area contributed by atoms with Crippen molar-refractivity contribution in [2.75, 3.05) is 5.75 Å². The standard InChI is InChI=1S/C15H16N2O2S/c1-10-3-5-12(6-4-10)13-9-11(2)16-15(17-13)20-8-7-14(18)19/h3-6,9H,7-8H2,1-2H3,(H,18,19). The quantitative estimate of drug-likeness (QED) is 0.675. The molecule has 104 valence electrons. The highest BCUT2D eigenvalue weighted by molar-refractivity contribution is 7.99. The van der Waals surface area contributed by atoms with Gasteiger partial charge >= 0.3 is 5.97 Å². The maximum absolute atomic E-state index is 10.5. The molecule has 0 fully saturated rings. The summed E-state index contributed by atoms with van der Waals surface area (Å²) in [6.07, 6.45) is 0.113. The van der Waals surface area contributed by atoms with E-state index in [1.54, 1.807) is 0 Å². The molecular formula is C15H16N2O2S. The number of aliphatic carboxylic acids is 1. The SMILES string of the molecule is Cc1ccc(-c2cc(C)nc(SCCC(=O)O)n2)cc1. The van der Waals surface area contributed by atoms with Crippen LogP contribution < -0.4 is 0 Å². The smallest absolute Gasteiger partial charge is 0.304 e. The van der Waals surface area contributed by atoms with Crippen LogP contribution in [0, 0.1) is 13.8 Å². The molecule has 2 aromatic rings. The summed E-state index contributed by atoms with van der Waals surface area (Å²) >= 11 is 1.37. The molecule has 0 atom stereocenters. The van der Waals surface area contributed by atoms with E-state index in [2.05, 4.69) is 9.97 Å². The summed E-state index contributed by atoms with van der Waals surface area (Å²) in [5, 5.41) is 9.28. The molecule has 5 heteroatoms. The second-order valence-corrected chi connectivity index (χ2v) is 5.60. The van der Waals surface area contributed by atoms with Crippen LogP contribution in [0.5, 0.6) is 0 Å². The van der Waals surface area contributed by atoms with Crippen molar-refractivity contribution < 1.29 is 9.90 Å². The summed E-state index contributed by atoms with van der Waals surface area (Å²) in [7, 11) is 0. The lowest BCUT2D eigenvalue weighted by Gasteiger charge is -2.06. The summed E-state index contributed by atoms with van der Waals surface area (Å²) < 4.78 is 0. The van der Waals surface area contributed by atoms with Crippen LogP contribution in [0.4, 0.5) is 0 Å². The molecule has 1 aromatic carbocycles. The predicted molar refractivity (Wildman–Crippen MR) is 79.9 cm³/mol. The molecule has 0 saturated heterocycles. The number of benzene rings is 1. The molecule has 1 N–H and O–H groups in total. The Balaban J connectivity index is 2.19. The highest BCUT2D eigenvalue weighted by atomic mass is 32.2. The number of thioether (sulfide) groups is 1. The lowest BCUT2D eigenvalue weighted by molar-refractivity contribution is -0.136. The van der Waals surface area contributed by atoms with Gasteiger partial charge < -0.3 is 5.11 Å². The molecule has 0 bridgehead atoms. The number of rotatable bonds is 5. The normalized spacial score (nSPS) is 10.5. The molecule has 2 rings (SSSR count). The zero-order chi connectivity index (χ0) is 14.5. The molecule has 1 aromatic heterocycles. The van der Waals surface area contributed by atoms with Crippen LogP contribution in [0.25, 0.3) is 11.3 Å². The van der Waals surface area contributed by atoms with Gasteiger partial charge in [-0.25, -0.2) is 9.97 Å². The number of hydrogen-bond acceptors (Lipinski definition) is 4. The highest BCUT2D eigenvalue weighted by Gasteiger charge is 2.06. The van der Waals surface area contributed by atoms with Crippen LogP contribution in [0.2, 0.25) is 0 Å². The minimum atomic E-state index is -0.802. The molecule has 0 aliphatic carbocycles. The van der Waals surface area contributed by atoms with Gasteiger partial charge in [0.1, 0.15) is 0 Å². The zero-order valence-electron chi connectivity index (χ0n) is 11.5. The Hall–Kier alpha value is -1.88. The molecule has 0 aliphatic heterocycles. The minimum Gasteiger partial charge on any atom is -0.481 e. The Morgan fingerprint density at radius 3 is 2.55 bits per heavy atom. The first-order valence-electron chi connectivity index (χ1n) is 6.32. The molecule has 0 radical (unpaired) electrons. The van der Waals surface area contributed by atoms with Crippen molar-refractivity contribution in [2.24, 2.45) is 0 Å². The van der Waals surface area contributed by atoms with Crippen LogP contribution in [0.15, 0.2) is 35.5 Å². The predicted octanol–water partition coefficient (Wildman–Crippen LogP) is 3.33. The van der Waals surface area contributed by atoms with Crippen molar-refractivity contribution in [1.29, 1.82) is 0 Å². The van der Waals surface area contributed by atoms with Crippen molar-refractivity contribution in [3.05, 3.63) is 41.6 Å². The van der Waals surface area contributed by atoms with Crippen molar-refractivity contribution in [3.63, 3.8) is 0 Å². The van der Waals surface area contributed by atoms with E-state index in [-0.39, 0.29) is 6.42 Å². The van der Waals surface area contributed by atoms with Crippen LogP contribution in [-0.2, 0) is 4.79 Å². The number of carboxylic acids is 1. The molecular weight excluding hydrogens is 272 g/mol. The average molecular weight is 288 g/mol. The van der Waals surface area contributed by atoms with Gasteiger partial charge in [0.2, 0.25) is 0 Å². The fourth-order valence-electron chi connectivity index (χ4n) is 1.71. The molecule has 4 nitrogen and oxygen atoms in total. The Kier molecular flexibility index (Phi) is 4.74. The van der Waals surface area contributed by atoms with Crippen molar-refractivity contribution >= 4 is 17.7 Å². The van der Waals surface area contributed by atoms with Crippen LogP contribution in [-0.4, -0.2) is 26.8 Å². The molecule has 0 amide bonds. The fourth-order valence-corrected chi connectivity index (χ4v) is 2.54. The van der Waals surface area contributed by atoms with E-state index in [0.717, 1.165) is 17.0 Å². The second-order valence-electron chi connectivity index (χ2n) is 4.54. The summed E-state index contributed by atoms with van der Waals surface area (Å²) in [5.74, 6) is -0.324. The molecule has 0 spiro atoms. The number of hydrogen-bond donors (Lipinski definition) is 1. The first kappa shape index (κ1) is 14.5. The summed E-state index contributed by atoms with van der Waals surface area (Å²) in [4.78, 5) is 19.3.